The van der Waals surface area contributed by atoms with E-state index in [1.807, 2.05) is 25.1 Å². The minimum atomic E-state index is 0.0562. The monoisotopic (exact) mass is 366 g/mol. The molecule has 1 aliphatic carbocycles. The molecule has 0 aromatic heterocycles. The zero-order valence-corrected chi connectivity index (χ0v) is 15.6. The van der Waals surface area contributed by atoms with Gasteiger partial charge in [-0.05, 0) is 36.5 Å². The van der Waals surface area contributed by atoms with Gasteiger partial charge in [0.05, 0.1) is 16.8 Å². The fourth-order valence-corrected chi connectivity index (χ4v) is 4.43. The van der Waals surface area contributed by atoms with E-state index in [2.05, 4.69) is 47.1 Å². The Morgan fingerprint density at radius 1 is 1.23 bits per heavy atom. The van der Waals surface area contributed by atoms with Gasteiger partial charge in [-0.2, -0.15) is 0 Å². The molecule has 0 radical (unpaired) electrons. The van der Waals surface area contributed by atoms with E-state index in [-0.39, 0.29) is 17.9 Å². The number of benzene rings is 2. The predicted octanol–water partition coefficient (Wildman–Crippen LogP) is 5.91. The van der Waals surface area contributed by atoms with Crippen molar-refractivity contribution in [2.24, 2.45) is 5.92 Å². The van der Waals surface area contributed by atoms with Gasteiger partial charge >= 0.3 is 0 Å². The first-order chi connectivity index (χ1) is 12.7. The molecule has 3 atom stereocenters. The van der Waals surface area contributed by atoms with Crippen molar-refractivity contribution in [3.05, 3.63) is 70.8 Å². The molecule has 26 heavy (non-hydrogen) atoms. The molecule has 3 unspecified atom stereocenters. The standard InChI is InChI=1S/C22H23ClN2O/c1-2-7-19(26)24-18-13-12-17(23)22-20(18)15-10-6-11-16(15)21(25-22)14-8-4-3-5-9-14/h3-6,8-10,12-13,15-16,21,25H,2,7,11H2,1H3,(H,24,26). The average molecular weight is 367 g/mol. The fraction of sp³-hybridized carbons (Fsp3) is 0.318. The number of nitrogens with one attached hydrogen (secondary N) is 2. The van der Waals surface area contributed by atoms with Crippen LogP contribution in [0, 0.1) is 5.92 Å². The summed E-state index contributed by atoms with van der Waals surface area (Å²) in [5.74, 6) is 0.734. The quantitative estimate of drug-likeness (QED) is 0.661. The zero-order valence-electron chi connectivity index (χ0n) is 14.8. The van der Waals surface area contributed by atoms with Crippen molar-refractivity contribution in [1.29, 1.82) is 0 Å². The van der Waals surface area contributed by atoms with Crippen LogP contribution in [0.3, 0.4) is 0 Å². The summed E-state index contributed by atoms with van der Waals surface area (Å²) in [5, 5.41) is 7.47. The number of carbonyl (C=O) groups is 1. The van der Waals surface area contributed by atoms with Crippen molar-refractivity contribution in [2.75, 3.05) is 10.6 Å². The lowest BCUT2D eigenvalue weighted by atomic mass is 9.76. The summed E-state index contributed by atoms with van der Waals surface area (Å²) < 4.78 is 0. The number of hydrogen-bond acceptors (Lipinski definition) is 2. The van der Waals surface area contributed by atoms with Gasteiger partial charge in [-0.15, -0.1) is 0 Å². The zero-order chi connectivity index (χ0) is 18.1. The van der Waals surface area contributed by atoms with E-state index in [4.69, 9.17) is 11.6 Å². The summed E-state index contributed by atoms with van der Waals surface area (Å²) in [6.07, 6.45) is 6.90. The van der Waals surface area contributed by atoms with Gasteiger partial charge in [-0.3, -0.25) is 4.79 Å². The van der Waals surface area contributed by atoms with Gasteiger partial charge < -0.3 is 10.6 Å². The number of rotatable bonds is 4. The molecule has 4 heteroatoms. The van der Waals surface area contributed by atoms with Crippen molar-refractivity contribution in [3.63, 3.8) is 0 Å². The third-order valence-corrected chi connectivity index (χ3v) is 5.69. The molecule has 2 aliphatic rings. The van der Waals surface area contributed by atoms with Gasteiger partial charge in [0, 0.05) is 23.6 Å². The van der Waals surface area contributed by atoms with E-state index in [1.165, 1.54) is 5.56 Å². The number of anilines is 2. The maximum atomic E-state index is 12.2. The second kappa shape index (κ2) is 7.16. The number of allylic oxidation sites excluding steroid dienone is 2. The highest BCUT2D eigenvalue weighted by Gasteiger charge is 2.40. The molecule has 3 nitrogen and oxygen atoms in total. The third-order valence-electron chi connectivity index (χ3n) is 5.38. The number of halogens is 1. The minimum absolute atomic E-state index is 0.0562. The van der Waals surface area contributed by atoms with Crippen molar-refractivity contribution in [2.45, 2.75) is 38.1 Å². The van der Waals surface area contributed by atoms with Crippen LogP contribution in [-0.2, 0) is 4.79 Å². The molecule has 4 rings (SSSR count). The Kier molecular flexibility index (Phi) is 4.73. The van der Waals surface area contributed by atoms with E-state index in [0.29, 0.717) is 17.4 Å². The van der Waals surface area contributed by atoms with E-state index < -0.39 is 0 Å². The van der Waals surface area contributed by atoms with Crippen molar-refractivity contribution >= 4 is 28.9 Å². The first-order valence-electron chi connectivity index (χ1n) is 9.29. The summed E-state index contributed by atoms with van der Waals surface area (Å²) in [5.41, 5.74) is 4.22. The Morgan fingerprint density at radius 3 is 2.81 bits per heavy atom. The van der Waals surface area contributed by atoms with Crippen molar-refractivity contribution in [3.8, 4) is 0 Å². The largest absolute Gasteiger partial charge is 0.376 e. The molecule has 134 valence electrons. The van der Waals surface area contributed by atoms with Gasteiger partial charge in [-0.25, -0.2) is 0 Å². The van der Waals surface area contributed by atoms with E-state index >= 15 is 0 Å². The van der Waals surface area contributed by atoms with Crippen LogP contribution in [0.2, 0.25) is 5.02 Å². The molecule has 0 saturated carbocycles. The van der Waals surface area contributed by atoms with Gasteiger partial charge in [-0.1, -0.05) is 61.0 Å². The first kappa shape index (κ1) is 17.2. The fourth-order valence-electron chi connectivity index (χ4n) is 4.21. The molecule has 1 heterocycles. The van der Waals surface area contributed by atoms with Crippen LogP contribution in [0.25, 0.3) is 0 Å². The second-order valence-corrected chi connectivity index (χ2v) is 7.48. The van der Waals surface area contributed by atoms with Gasteiger partial charge in [0.25, 0.3) is 0 Å². The number of amides is 1. The summed E-state index contributed by atoms with van der Waals surface area (Å²) in [6, 6.07) is 14.5. The third kappa shape index (κ3) is 3.01. The summed E-state index contributed by atoms with van der Waals surface area (Å²) in [4.78, 5) is 12.2. The molecular weight excluding hydrogens is 344 g/mol. The molecular formula is C22H23ClN2O. The first-order valence-corrected chi connectivity index (χ1v) is 9.67. The maximum Gasteiger partial charge on any atom is 0.224 e. The molecule has 2 aromatic rings. The van der Waals surface area contributed by atoms with Crippen LogP contribution in [0.1, 0.15) is 49.3 Å². The Balaban J connectivity index is 1.77. The minimum Gasteiger partial charge on any atom is -0.376 e. The molecule has 0 bridgehead atoms. The molecule has 0 saturated heterocycles. The number of carbonyl (C=O) groups excluding carboxylic acids is 1. The van der Waals surface area contributed by atoms with E-state index in [1.54, 1.807) is 0 Å². The number of fused-ring (bicyclic) bond motifs is 3. The normalized spacial score (nSPS) is 23.1. The SMILES string of the molecule is CCCC(=O)Nc1ccc(Cl)c2c1C1C=CCC1C(c1ccccc1)N2. The molecule has 0 fully saturated rings. The topological polar surface area (TPSA) is 41.1 Å². The van der Waals surface area contributed by atoms with Gasteiger partial charge in [0.2, 0.25) is 5.91 Å². The van der Waals surface area contributed by atoms with Gasteiger partial charge in [0.15, 0.2) is 0 Å². The highest BCUT2D eigenvalue weighted by molar-refractivity contribution is 6.33. The summed E-state index contributed by atoms with van der Waals surface area (Å²) in [6.45, 7) is 2.01. The lowest BCUT2D eigenvalue weighted by Gasteiger charge is -2.39. The Morgan fingerprint density at radius 2 is 2.04 bits per heavy atom. The summed E-state index contributed by atoms with van der Waals surface area (Å²) >= 11 is 6.56. The molecule has 2 N–H and O–H groups in total. The molecule has 2 aromatic carbocycles. The Labute approximate surface area is 159 Å². The Hall–Kier alpha value is -2.26. The van der Waals surface area contributed by atoms with Crippen LogP contribution >= 0.6 is 11.6 Å². The van der Waals surface area contributed by atoms with Crippen LogP contribution in [0.4, 0.5) is 11.4 Å². The highest BCUT2D eigenvalue weighted by Crippen LogP contribution is 2.53. The smallest absolute Gasteiger partial charge is 0.224 e. The van der Waals surface area contributed by atoms with Crippen LogP contribution in [-0.4, -0.2) is 5.91 Å². The lowest BCUT2D eigenvalue weighted by molar-refractivity contribution is -0.116. The Bertz CT molecular complexity index is 847. The predicted molar refractivity (Wildman–Crippen MR) is 108 cm³/mol. The molecule has 0 spiro atoms. The van der Waals surface area contributed by atoms with Crippen LogP contribution < -0.4 is 10.6 Å². The van der Waals surface area contributed by atoms with Crippen molar-refractivity contribution in [1.82, 2.24) is 0 Å². The summed E-state index contributed by atoms with van der Waals surface area (Å²) in [7, 11) is 0. The van der Waals surface area contributed by atoms with E-state index in [9.17, 15) is 4.79 Å². The van der Waals surface area contributed by atoms with Crippen molar-refractivity contribution < 1.29 is 4.79 Å². The number of hydrogen-bond donors (Lipinski definition) is 2. The van der Waals surface area contributed by atoms with Crippen LogP contribution in [0.5, 0.6) is 0 Å². The lowest BCUT2D eigenvalue weighted by Crippen LogP contribution is -2.30. The maximum absolute atomic E-state index is 12.2. The second-order valence-electron chi connectivity index (χ2n) is 7.07. The van der Waals surface area contributed by atoms with E-state index in [0.717, 1.165) is 29.8 Å². The van der Waals surface area contributed by atoms with Gasteiger partial charge in [0.1, 0.15) is 0 Å². The average Bonchev–Trinajstić information content (AvgIpc) is 3.14. The highest BCUT2D eigenvalue weighted by atomic mass is 35.5. The molecule has 1 amide bonds. The molecule has 1 aliphatic heterocycles. The van der Waals surface area contributed by atoms with Crippen LogP contribution in [0.15, 0.2) is 54.6 Å².